The summed E-state index contributed by atoms with van der Waals surface area (Å²) >= 11 is 0. The molecule has 0 saturated heterocycles. The van der Waals surface area contributed by atoms with Crippen molar-refractivity contribution in [1.82, 2.24) is 5.16 Å². The summed E-state index contributed by atoms with van der Waals surface area (Å²) in [7, 11) is 0. The largest absolute Gasteiger partial charge is 0.361 e. The number of rotatable bonds is 3. The van der Waals surface area contributed by atoms with Gasteiger partial charge in [-0.2, -0.15) is 0 Å². The molecule has 1 aromatic heterocycles. The minimum absolute atomic E-state index is 0.0164. The van der Waals surface area contributed by atoms with E-state index in [9.17, 15) is 0 Å². The monoisotopic (exact) mass is 194 g/mol. The predicted molar refractivity (Wildman–Crippen MR) is 55.0 cm³/mol. The van der Waals surface area contributed by atoms with E-state index in [1.165, 1.54) is 0 Å². The topological polar surface area (TPSA) is 52.0 Å². The van der Waals surface area contributed by atoms with Crippen molar-refractivity contribution >= 4 is 0 Å². The molecule has 14 heavy (non-hydrogen) atoms. The smallest absolute Gasteiger partial charge is 0.133 e. The van der Waals surface area contributed by atoms with Gasteiger partial charge in [0.1, 0.15) is 5.76 Å². The third kappa shape index (κ3) is 1.57. The van der Waals surface area contributed by atoms with Crippen molar-refractivity contribution in [3.8, 4) is 0 Å². The fourth-order valence-electron chi connectivity index (χ4n) is 2.29. The standard InChI is InChI=1S/C11H18N2O/c1-7(2)10(11(12)4-5-11)9-6-8(3)14-13-9/h6-7,10H,4-5,12H2,1-3H3. The van der Waals surface area contributed by atoms with Crippen molar-refractivity contribution < 1.29 is 4.52 Å². The molecule has 0 aromatic carbocycles. The Morgan fingerprint density at radius 2 is 2.14 bits per heavy atom. The number of nitrogens with two attached hydrogens (primary N) is 1. The zero-order chi connectivity index (χ0) is 10.3. The Kier molecular flexibility index (Phi) is 2.14. The van der Waals surface area contributed by atoms with Crippen LogP contribution in [0.1, 0.15) is 44.1 Å². The lowest BCUT2D eigenvalue weighted by atomic mass is 9.84. The summed E-state index contributed by atoms with van der Waals surface area (Å²) in [5, 5.41) is 4.09. The molecule has 2 N–H and O–H groups in total. The molecule has 1 unspecified atom stereocenters. The van der Waals surface area contributed by atoms with E-state index >= 15 is 0 Å². The van der Waals surface area contributed by atoms with Crippen LogP contribution in [0.5, 0.6) is 0 Å². The van der Waals surface area contributed by atoms with Crippen molar-refractivity contribution in [2.75, 3.05) is 0 Å². The molecule has 1 aliphatic rings. The third-order valence-corrected chi connectivity index (χ3v) is 3.08. The Morgan fingerprint density at radius 1 is 1.50 bits per heavy atom. The molecule has 2 rings (SSSR count). The number of nitrogens with zero attached hydrogens (tertiary/aromatic N) is 1. The molecule has 0 bridgehead atoms. The molecule has 1 aromatic rings. The fraction of sp³-hybridized carbons (Fsp3) is 0.727. The number of hydrogen-bond acceptors (Lipinski definition) is 3. The van der Waals surface area contributed by atoms with Crippen LogP contribution in [0.4, 0.5) is 0 Å². The first kappa shape index (κ1) is 9.71. The average Bonchev–Trinajstić information content (AvgIpc) is 2.65. The summed E-state index contributed by atoms with van der Waals surface area (Å²) in [6, 6.07) is 2.01. The van der Waals surface area contributed by atoms with Gasteiger partial charge in [0.25, 0.3) is 0 Å². The Balaban J connectivity index is 2.27. The second kappa shape index (κ2) is 3.09. The van der Waals surface area contributed by atoms with Gasteiger partial charge >= 0.3 is 0 Å². The number of aryl methyl sites for hydroxylation is 1. The Morgan fingerprint density at radius 3 is 2.50 bits per heavy atom. The molecule has 3 heteroatoms. The molecule has 0 radical (unpaired) electrons. The van der Waals surface area contributed by atoms with Gasteiger partial charge in [-0.25, -0.2) is 0 Å². The molecule has 1 heterocycles. The quantitative estimate of drug-likeness (QED) is 0.802. The molecule has 0 amide bonds. The first-order valence-corrected chi connectivity index (χ1v) is 5.25. The highest BCUT2D eigenvalue weighted by molar-refractivity contribution is 5.22. The van der Waals surface area contributed by atoms with E-state index in [0.717, 1.165) is 24.3 Å². The molecule has 78 valence electrons. The second-order valence-corrected chi connectivity index (χ2v) is 4.82. The average molecular weight is 194 g/mol. The Bertz CT molecular complexity index is 326. The summed E-state index contributed by atoms with van der Waals surface area (Å²) in [5.74, 6) is 1.74. The third-order valence-electron chi connectivity index (χ3n) is 3.08. The van der Waals surface area contributed by atoms with Gasteiger partial charge in [-0.1, -0.05) is 19.0 Å². The van der Waals surface area contributed by atoms with Gasteiger partial charge in [-0.15, -0.1) is 0 Å². The SMILES string of the molecule is Cc1cc(C(C(C)C)C2(N)CC2)no1. The van der Waals surface area contributed by atoms with Crippen LogP contribution in [0.25, 0.3) is 0 Å². The summed E-state index contributed by atoms with van der Waals surface area (Å²) in [4.78, 5) is 0. The lowest BCUT2D eigenvalue weighted by Crippen LogP contribution is -2.34. The molecule has 3 nitrogen and oxygen atoms in total. The number of aromatic nitrogens is 1. The van der Waals surface area contributed by atoms with E-state index in [1.54, 1.807) is 0 Å². The minimum atomic E-state index is -0.0164. The maximum atomic E-state index is 6.25. The van der Waals surface area contributed by atoms with E-state index < -0.39 is 0 Å². The van der Waals surface area contributed by atoms with Crippen molar-refractivity contribution in [3.05, 3.63) is 17.5 Å². The summed E-state index contributed by atoms with van der Waals surface area (Å²) in [6.07, 6.45) is 2.23. The molecule has 1 saturated carbocycles. The van der Waals surface area contributed by atoms with Gasteiger partial charge in [0.2, 0.25) is 0 Å². The van der Waals surface area contributed by atoms with Crippen molar-refractivity contribution in [1.29, 1.82) is 0 Å². The van der Waals surface area contributed by atoms with Crippen LogP contribution in [0, 0.1) is 12.8 Å². The summed E-state index contributed by atoms with van der Waals surface area (Å²) in [5.41, 5.74) is 7.26. The molecule has 0 spiro atoms. The van der Waals surface area contributed by atoms with E-state index in [4.69, 9.17) is 10.3 Å². The van der Waals surface area contributed by atoms with Crippen LogP contribution in [0.15, 0.2) is 10.6 Å². The first-order chi connectivity index (χ1) is 6.53. The van der Waals surface area contributed by atoms with Gasteiger partial charge in [-0.3, -0.25) is 0 Å². The van der Waals surface area contributed by atoms with E-state index in [1.807, 2.05) is 13.0 Å². The zero-order valence-corrected chi connectivity index (χ0v) is 9.08. The van der Waals surface area contributed by atoms with Crippen LogP contribution in [-0.4, -0.2) is 10.7 Å². The molecule has 1 atom stereocenters. The normalized spacial score (nSPS) is 21.2. The van der Waals surface area contributed by atoms with Crippen molar-refractivity contribution in [2.24, 2.45) is 11.7 Å². The van der Waals surface area contributed by atoms with E-state index in [2.05, 4.69) is 19.0 Å². The van der Waals surface area contributed by atoms with Gasteiger partial charge in [0.15, 0.2) is 0 Å². The highest BCUT2D eigenvalue weighted by Crippen LogP contribution is 2.48. The maximum Gasteiger partial charge on any atom is 0.133 e. The molecule has 1 aliphatic carbocycles. The van der Waals surface area contributed by atoms with Crippen molar-refractivity contribution in [2.45, 2.75) is 45.1 Å². The Labute approximate surface area is 84.7 Å². The lowest BCUT2D eigenvalue weighted by molar-refractivity contribution is 0.347. The molecular weight excluding hydrogens is 176 g/mol. The summed E-state index contributed by atoms with van der Waals surface area (Å²) < 4.78 is 5.11. The molecule has 0 aliphatic heterocycles. The van der Waals surface area contributed by atoms with Gasteiger partial charge in [0, 0.05) is 17.5 Å². The summed E-state index contributed by atoms with van der Waals surface area (Å²) in [6.45, 7) is 6.31. The first-order valence-electron chi connectivity index (χ1n) is 5.25. The minimum Gasteiger partial charge on any atom is -0.361 e. The predicted octanol–water partition coefficient (Wildman–Crippen LogP) is 2.21. The van der Waals surface area contributed by atoms with Crippen molar-refractivity contribution in [3.63, 3.8) is 0 Å². The highest BCUT2D eigenvalue weighted by atomic mass is 16.5. The van der Waals surface area contributed by atoms with Crippen LogP contribution < -0.4 is 5.73 Å². The second-order valence-electron chi connectivity index (χ2n) is 4.82. The lowest BCUT2D eigenvalue weighted by Gasteiger charge is -2.24. The van der Waals surface area contributed by atoms with Crippen LogP contribution >= 0.6 is 0 Å². The van der Waals surface area contributed by atoms with Crippen LogP contribution in [0.2, 0.25) is 0 Å². The van der Waals surface area contributed by atoms with Gasteiger partial charge < -0.3 is 10.3 Å². The Hall–Kier alpha value is -0.830. The van der Waals surface area contributed by atoms with Gasteiger partial charge in [-0.05, 0) is 25.7 Å². The van der Waals surface area contributed by atoms with Crippen LogP contribution in [0.3, 0.4) is 0 Å². The van der Waals surface area contributed by atoms with E-state index in [0.29, 0.717) is 11.8 Å². The highest BCUT2D eigenvalue weighted by Gasteiger charge is 2.48. The van der Waals surface area contributed by atoms with E-state index in [-0.39, 0.29) is 5.54 Å². The van der Waals surface area contributed by atoms with Crippen LogP contribution in [-0.2, 0) is 0 Å². The molecular formula is C11H18N2O. The maximum absolute atomic E-state index is 6.25. The zero-order valence-electron chi connectivity index (χ0n) is 9.08. The van der Waals surface area contributed by atoms with Gasteiger partial charge in [0.05, 0.1) is 5.69 Å². The number of hydrogen-bond donors (Lipinski definition) is 1. The molecule has 1 fully saturated rings. The fourth-order valence-corrected chi connectivity index (χ4v) is 2.29.